The molecule has 4 heteroatoms. The third-order valence-electron chi connectivity index (χ3n) is 1.89. The Hall–Kier alpha value is -1.42. The van der Waals surface area contributed by atoms with Crippen LogP contribution >= 0.6 is 11.8 Å². The summed E-state index contributed by atoms with van der Waals surface area (Å²) in [5.41, 5.74) is 0.684. The number of rotatable bonds is 5. The number of carboxylic acid groups (broad SMARTS) is 1. The highest BCUT2D eigenvalue weighted by Crippen LogP contribution is 2.27. The van der Waals surface area contributed by atoms with E-state index in [1.165, 1.54) is 0 Å². The maximum absolute atomic E-state index is 10.4. The number of carboxylic acids is 1. The summed E-state index contributed by atoms with van der Waals surface area (Å²) in [5.74, 6) is -0.160. The van der Waals surface area contributed by atoms with Crippen LogP contribution in [0.15, 0.2) is 40.8 Å². The number of benzene rings is 1. The number of para-hydroxylation sites is 1. The summed E-state index contributed by atoms with van der Waals surface area (Å²) in [6.45, 7) is 2.03. The second-order valence-corrected chi connectivity index (χ2v) is 4.12. The number of aliphatic carboxylic acids is 1. The minimum atomic E-state index is -0.945. The molecule has 1 N–H and O–H groups in total. The largest absolute Gasteiger partial charge is 0.488 e. The van der Waals surface area contributed by atoms with Gasteiger partial charge in [0.1, 0.15) is 12.4 Å². The van der Waals surface area contributed by atoms with Gasteiger partial charge in [-0.1, -0.05) is 12.1 Å². The molecule has 3 nitrogen and oxygen atoms in total. The quantitative estimate of drug-likeness (QED) is 0.633. The van der Waals surface area contributed by atoms with Gasteiger partial charge in [-0.05, 0) is 30.9 Å². The summed E-state index contributed by atoms with van der Waals surface area (Å²) in [6.07, 6.45) is 3.13. The molecule has 0 spiro atoms. The maximum Gasteiger partial charge on any atom is 0.328 e. The minimum Gasteiger partial charge on any atom is -0.488 e. The molecular weight excluding hydrogens is 224 g/mol. The van der Waals surface area contributed by atoms with Crippen LogP contribution in [0, 0.1) is 0 Å². The molecule has 0 aromatic heterocycles. The summed E-state index contributed by atoms with van der Waals surface area (Å²) in [4.78, 5) is 11.5. The van der Waals surface area contributed by atoms with E-state index in [4.69, 9.17) is 9.84 Å². The number of carbonyl (C=O) groups is 1. The zero-order valence-electron chi connectivity index (χ0n) is 9.27. The van der Waals surface area contributed by atoms with Crippen molar-refractivity contribution in [3.8, 4) is 5.75 Å². The minimum absolute atomic E-state index is 0.296. The van der Waals surface area contributed by atoms with Crippen molar-refractivity contribution in [2.45, 2.75) is 11.8 Å². The molecule has 16 heavy (non-hydrogen) atoms. The lowest BCUT2D eigenvalue weighted by atomic mass is 10.3. The molecular formula is C12H14O3S. The molecule has 0 heterocycles. The molecule has 86 valence electrons. The monoisotopic (exact) mass is 238 g/mol. The molecule has 0 aliphatic carbocycles. The standard InChI is InChI=1S/C12H14O3S/c1-9(7-12(13)14)8-15-10-5-3-4-6-11(10)16-2/h3-7H,8H2,1-2H3,(H,13,14). The molecule has 1 rings (SSSR count). The van der Waals surface area contributed by atoms with Crippen LogP contribution in [0.4, 0.5) is 0 Å². The van der Waals surface area contributed by atoms with Crippen molar-refractivity contribution in [1.82, 2.24) is 0 Å². The van der Waals surface area contributed by atoms with E-state index < -0.39 is 5.97 Å². The van der Waals surface area contributed by atoms with Crippen LogP contribution in [0.1, 0.15) is 6.92 Å². The molecule has 0 amide bonds. The van der Waals surface area contributed by atoms with Crippen molar-refractivity contribution >= 4 is 17.7 Å². The first kappa shape index (κ1) is 12.6. The normalized spacial score (nSPS) is 11.2. The molecule has 1 aromatic rings. The smallest absolute Gasteiger partial charge is 0.328 e. The van der Waals surface area contributed by atoms with Crippen molar-refractivity contribution in [3.63, 3.8) is 0 Å². The van der Waals surface area contributed by atoms with E-state index in [1.807, 2.05) is 30.5 Å². The molecule has 0 aliphatic heterocycles. The highest BCUT2D eigenvalue weighted by molar-refractivity contribution is 7.98. The van der Waals surface area contributed by atoms with Gasteiger partial charge in [0.2, 0.25) is 0 Å². The maximum atomic E-state index is 10.4. The molecule has 1 aromatic carbocycles. The summed E-state index contributed by atoms with van der Waals surface area (Å²) in [7, 11) is 0. The molecule has 0 saturated heterocycles. The zero-order chi connectivity index (χ0) is 12.0. The van der Waals surface area contributed by atoms with Crippen molar-refractivity contribution in [2.75, 3.05) is 12.9 Å². The van der Waals surface area contributed by atoms with Gasteiger partial charge in [-0.15, -0.1) is 11.8 Å². The highest BCUT2D eigenvalue weighted by atomic mass is 32.2. The number of hydrogen-bond donors (Lipinski definition) is 1. The van der Waals surface area contributed by atoms with E-state index in [-0.39, 0.29) is 0 Å². The predicted octanol–water partition coefficient (Wildman–Crippen LogP) is 2.82. The Bertz CT molecular complexity index is 399. The summed E-state index contributed by atoms with van der Waals surface area (Å²) in [6, 6.07) is 7.68. The Morgan fingerprint density at radius 3 is 2.81 bits per heavy atom. The molecule has 0 radical (unpaired) electrons. The van der Waals surface area contributed by atoms with Gasteiger partial charge in [-0.3, -0.25) is 0 Å². The van der Waals surface area contributed by atoms with E-state index in [2.05, 4.69) is 0 Å². The van der Waals surface area contributed by atoms with Crippen LogP contribution < -0.4 is 4.74 Å². The van der Waals surface area contributed by atoms with Gasteiger partial charge in [0.25, 0.3) is 0 Å². The van der Waals surface area contributed by atoms with E-state index in [0.717, 1.165) is 16.7 Å². The molecule has 0 fully saturated rings. The van der Waals surface area contributed by atoms with Crippen LogP contribution in [0.5, 0.6) is 5.75 Å². The fraction of sp³-hybridized carbons (Fsp3) is 0.250. The molecule has 0 aliphatic rings. The van der Waals surface area contributed by atoms with E-state index in [9.17, 15) is 4.79 Å². The fourth-order valence-electron chi connectivity index (χ4n) is 1.18. The first-order chi connectivity index (χ1) is 7.63. The highest BCUT2D eigenvalue weighted by Gasteiger charge is 2.02. The van der Waals surface area contributed by atoms with Crippen molar-refractivity contribution in [2.24, 2.45) is 0 Å². The Morgan fingerprint density at radius 2 is 2.19 bits per heavy atom. The van der Waals surface area contributed by atoms with Crippen LogP contribution in [-0.4, -0.2) is 23.9 Å². The lowest BCUT2D eigenvalue weighted by Gasteiger charge is -2.09. The second kappa shape index (κ2) is 6.23. The van der Waals surface area contributed by atoms with Gasteiger partial charge in [-0.2, -0.15) is 0 Å². The summed E-state index contributed by atoms with van der Waals surface area (Å²) < 4.78 is 5.54. The third kappa shape index (κ3) is 3.98. The second-order valence-electron chi connectivity index (χ2n) is 3.27. The molecule has 0 atom stereocenters. The Labute approximate surface area is 99.1 Å². The number of hydrogen-bond acceptors (Lipinski definition) is 3. The third-order valence-corrected chi connectivity index (χ3v) is 2.67. The average molecular weight is 238 g/mol. The topological polar surface area (TPSA) is 46.5 Å². The molecule has 0 saturated carbocycles. The van der Waals surface area contributed by atoms with Gasteiger partial charge in [0.05, 0.1) is 0 Å². The Morgan fingerprint density at radius 1 is 1.50 bits per heavy atom. The van der Waals surface area contributed by atoms with Crippen LogP contribution in [0.2, 0.25) is 0 Å². The first-order valence-corrected chi connectivity index (χ1v) is 6.02. The SMILES string of the molecule is CSc1ccccc1OCC(C)=CC(=O)O. The van der Waals surface area contributed by atoms with Crippen molar-refractivity contribution in [3.05, 3.63) is 35.9 Å². The van der Waals surface area contributed by atoms with Gasteiger partial charge in [0.15, 0.2) is 0 Å². The van der Waals surface area contributed by atoms with Gasteiger partial charge in [0, 0.05) is 11.0 Å². The van der Waals surface area contributed by atoms with E-state index in [0.29, 0.717) is 12.2 Å². The summed E-state index contributed by atoms with van der Waals surface area (Å²) >= 11 is 1.60. The van der Waals surface area contributed by atoms with Crippen molar-refractivity contribution < 1.29 is 14.6 Å². The Kier molecular flexibility index (Phi) is 4.92. The predicted molar refractivity (Wildman–Crippen MR) is 65.1 cm³/mol. The van der Waals surface area contributed by atoms with Gasteiger partial charge < -0.3 is 9.84 Å². The van der Waals surface area contributed by atoms with E-state index in [1.54, 1.807) is 18.7 Å². The number of ether oxygens (including phenoxy) is 1. The van der Waals surface area contributed by atoms with Crippen LogP contribution in [0.25, 0.3) is 0 Å². The Balaban J connectivity index is 2.64. The van der Waals surface area contributed by atoms with Gasteiger partial charge >= 0.3 is 5.97 Å². The lowest BCUT2D eigenvalue weighted by Crippen LogP contribution is -2.02. The van der Waals surface area contributed by atoms with Crippen molar-refractivity contribution in [1.29, 1.82) is 0 Å². The van der Waals surface area contributed by atoms with Crippen LogP contribution in [0.3, 0.4) is 0 Å². The van der Waals surface area contributed by atoms with Gasteiger partial charge in [-0.25, -0.2) is 4.79 Å². The number of thioether (sulfide) groups is 1. The molecule has 0 bridgehead atoms. The zero-order valence-corrected chi connectivity index (χ0v) is 10.1. The first-order valence-electron chi connectivity index (χ1n) is 4.79. The molecule has 0 unspecified atom stereocenters. The lowest BCUT2D eigenvalue weighted by molar-refractivity contribution is -0.131. The van der Waals surface area contributed by atoms with E-state index >= 15 is 0 Å². The fourth-order valence-corrected chi connectivity index (χ4v) is 1.72. The van der Waals surface area contributed by atoms with Crippen LogP contribution in [-0.2, 0) is 4.79 Å². The average Bonchev–Trinajstić information content (AvgIpc) is 2.26. The summed E-state index contributed by atoms with van der Waals surface area (Å²) in [5, 5.41) is 8.55.